The molecule has 0 radical (unpaired) electrons. The molecule has 1 aliphatic rings. The summed E-state index contributed by atoms with van der Waals surface area (Å²) in [6.07, 6.45) is 0.619. The van der Waals surface area contributed by atoms with Crippen LogP contribution in [0.5, 0.6) is 5.75 Å². The fraction of sp³-hybridized carbons (Fsp3) is 0.562. The van der Waals surface area contributed by atoms with Gasteiger partial charge in [-0.25, -0.2) is 13.2 Å². The van der Waals surface area contributed by atoms with Crippen LogP contribution in [0.2, 0.25) is 0 Å². The van der Waals surface area contributed by atoms with E-state index in [1.807, 2.05) is 31.2 Å². The Labute approximate surface area is 137 Å². The summed E-state index contributed by atoms with van der Waals surface area (Å²) in [6.45, 7) is 2.32. The van der Waals surface area contributed by atoms with Gasteiger partial charge in [-0.05, 0) is 25.3 Å². The zero-order chi connectivity index (χ0) is 17.0. The van der Waals surface area contributed by atoms with E-state index in [0.29, 0.717) is 13.0 Å². The Morgan fingerprint density at radius 3 is 2.74 bits per heavy atom. The molecule has 6 nitrogen and oxygen atoms in total. The maximum absolute atomic E-state index is 12.3. The Morgan fingerprint density at radius 2 is 2.13 bits per heavy atom. The second kappa shape index (κ2) is 7.21. The number of rotatable bonds is 5. The van der Waals surface area contributed by atoms with Gasteiger partial charge in [0.25, 0.3) is 0 Å². The molecular weight excluding hydrogens is 316 g/mol. The molecule has 0 spiro atoms. The molecule has 1 N–H and O–H groups in total. The number of nitrogens with one attached hydrogen (secondary N) is 1. The zero-order valence-electron chi connectivity index (χ0n) is 13.8. The molecule has 2 rings (SSSR count). The lowest BCUT2D eigenvalue weighted by Gasteiger charge is -2.27. The Bertz CT molecular complexity index is 660. The summed E-state index contributed by atoms with van der Waals surface area (Å²) in [4.78, 5) is 13.9. The van der Waals surface area contributed by atoms with Gasteiger partial charge in [0.05, 0.1) is 24.7 Å². The number of carbonyl (C=O) groups excluding carboxylic acids is 1. The number of methoxy groups -OCH3 is 1. The summed E-state index contributed by atoms with van der Waals surface area (Å²) >= 11 is 0. The number of nitrogens with zero attached hydrogens (tertiary/aromatic N) is 1. The number of sulfone groups is 1. The van der Waals surface area contributed by atoms with Crippen molar-refractivity contribution in [3.8, 4) is 5.75 Å². The number of hydrogen-bond donors (Lipinski definition) is 1. The number of amides is 2. The highest BCUT2D eigenvalue weighted by molar-refractivity contribution is 7.91. The molecule has 1 aliphatic heterocycles. The van der Waals surface area contributed by atoms with Crippen molar-refractivity contribution in [3.05, 3.63) is 29.8 Å². The van der Waals surface area contributed by atoms with E-state index < -0.39 is 9.84 Å². The second-order valence-electron chi connectivity index (χ2n) is 5.98. The number of para-hydroxylation sites is 1. The van der Waals surface area contributed by atoms with Crippen LogP contribution >= 0.6 is 0 Å². The Kier molecular flexibility index (Phi) is 5.51. The first-order chi connectivity index (χ1) is 10.8. The number of hydrogen-bond acceptors (Lipinski definition) is 4. The third-order valence-corrected chi connectivity index (χ3v) is 6.20. The van der Waals surface area contributed by atoms with E-state index in [-0.39, 0.29) is 29.5 Å². The monoisotopic (exact) mass is 340 g/mol. The van der Waals surface area contributed by atoms with Crippen molar-refractivity contribution < 1.29 is 17.9 Å². The molecule has 0 aromatic heterocycles. The smallest absolute Gasteiger partial charge is 0.317 e. The van der Waals surface area contributed by atoms with E-state index in [9.17, 15) is 13.2 Å². The Hall–Kier alpha value is -1.76. The molecule has 2 amide bonds. The van der Waals surface area contributed by atoms with E-state index in [1.165, 1.54) is 0 Å². The van der Waals surface area contributed by atoms with E-state index in [1.54, 1.807) is 19.1 Å². The minimum atomic E-state index is -2.91. The molecule has 7 heteroatoms. The van der Waals surface area contributed by atoms with Crippen LogP contribution in [0.4, 0.5) is 4.79 Å². The van der Waals surface area contributed by atoms with Gasteiger partial charge in [0.1, 0.15) is 5.75 Å². The predicted molar refractivity (Wildman–Crippen MR) is 89.3 cm³/mol. The van der Waals surface area contributed by atoms with E-state index in [2.05, 4.69) is 5.32 Å². The van der Waals surface area contributed by atoms with Crippen LogP contribution in [0.15, 0.2) is 24.3 Å². The van der Waals surface area contributed by atoms with Gasteiger partial charge in [0, 0.05) is 19.2 Å². The summed E-state index contributed by atoms with van der Waals surface area (Å²) in [5.74, 6) is 1.14. The molecule has 0 bridgehead atoms. The molecule has 0 aliphatic carbocycles. The quantitative estimate of drug-likeness (QED) is 0.887. The topological polar surface area (TPSA) is 75.7 Å². The lowest BCUT2D eigenvalue weighted by molar-refractivity contribution is 0.192. The maximum atomic E-state index is 12.3. The first kappa shape index (κ1) is 17.6. The SMILES string of the molecule is COc1ccccc1[C@H](C)N(C)C(=O)NC[C@H]1CCS(=O)(=O)C1. The second-order valence-corrected chi connectivity index (χ2v) is 8.21. The maximum Gasteiger partial charge on any atom is 0.317 e. The summed E-state index contributed by atoms with van der Waals surface area (Å²) < 4.78 is 28.2. The minimum absolute atomic E-state index is 0.0129. The number of urea groups is 1. The first-order valence-corrected chi connectivity index (χ1v) is 9.50. The highest BCUT2D eigenvalue weighted by Crippen LogP contribution is 2.28. The molecule has 23 heavy (non-hydrogen) atoms. The van der Waals surface area contributed by atoms with Gasteiger partial charge in [-0.15, -0.1) is 0 Å². The van der Waals surface area contributed by atoms with E-state index in [4.69, 9.17) is 4.74 Å². The summed E-state index contributed by atoms with van der Waals surface area (Å²) in [7, 11) is 0.410. The molecule has 1 fully saturated rings. The van der Waals surface area contributed by atoms with Crippen LogP contribution in [0, 0.1) is 5.92 Å². The van der Waals surface area contributed by atoms with Gasteiger partial charge in [-0.1, -0.05) is 18.2 Å². The molecule has 0 unspecified atom stereocenters. The van der Waals surface area contributed by atoms with Crippen molar-refractivity contribution in [2.45, 2.75) is 19.4 Å². The molecule has 1 aromatic rings. The van der Waals surface area contributed by atoms with Gasteiger partial charge >= 0.3 is 6.03 Å². The lowest BCUT2D eigenvalue weighted by Crippen LogP contribution is -2.41. The van der Waals surface area contributed by atoms with Gasteiger partial charge in [-0.3, -0.25) is 0 Å². The Balaban J connectivity index is 1.94. The van der Waals surface area contributed by atoms with E-state index >= 15 is 0 Å². The average molecular weight is 340 g/mol. The zero-order valence-corrected chi connectivity index (χ0v) is 14.6. The third-order valence-electron chi connectivity index (χ3n) is 4.36. The highest BCUT2D eigenvalue weighted by atomic mass is 32.2. The number of carbonyl (C=O) groups is 1. The van der Waals surface area contributed by atoms with Crippen molar-refractivity contribution in [2.24, 2.45) is 5.92 Å². The molecule has 1 aromatic carbocycles. The van der Waals surface area contributed by atoms with Crippen molar-refractivity contribution in [2.75, 3.05) is 32.2 Å². The standard InChI is InChI=1S/C16H24N2O4S/c1-12(14-6-4-5-7-15(14)22-3)18(2)16(19)17-10-13-8-9-23(20,21)11-13/h4-7,12-13H,8-11H2,1-3H3,(H,17,19)/t12-,13+/m0/s1. The fourth-order valence-electron chi connectivity index (χ4n) is 2.79. The highest BCUT2D eigenvalue weighted by Gasteiger charge is 2.28. The number of benzene rings is 1. The lowest BCUT2D eigenvalue weighted by atomic mass is 10.1. The predicted octanol–water partition coefficient (Wildman–Crippen LogP) is 1.83. The number of ether oxygens (including phenoxy) is 1. The van der Waals surface area contributed by atoms with Crippen molar-refractivity contribution >= 4 is 15.9 Å². The van der Waals surface area contributed by atoms with Crippen LogP contribution in [-0.2, 0) is 9.84 Å². The fourth-order valence-corrected chi connectivity index (χ4v) is 4.65. The van der Waals surface area contributed by atoms with Crippen LogP contribution < -0.4 is 10.1 Å². The largest absolute Gasteiger partial charge is 0.496 e. The average Bonchev–Trinajstić information content (AvgIpc) is 2.90. The molecule has 128 valence electrons. The molecule has 1 heterocycles. The summed E-state index contributed by atoms with van der Waals surface area (Å²) in [5, 5.41) is 2.83. The van der Waals surface area contributed by atoms with Crippen LogP contribution in [0.25, 0.3) is 0 Å². The van der Waals surface area contributed by atoms with Crippen LogP contribution in [0.3, 0.4) is 0 Å². The van der Waals surface area contributed by atoms with Crippen molar-refractivity contribution in [3.63, 3.8) is 0 Å². The van der Waals surface area contributed by atoms with Gasteiger partial charge in [0.15, 0.2) is 9.84 Å². The minimum Gasteiger partial charge on any atom is -0.496 e. The third kappa shape index (κ3) is 4.37. The normalized spacial score (nSPS) is 20.7. The van der Waals surface area contributed by atoms with E-state index in [0.717, 1.165) is 11.3 Å². The first-order valence-electron chi connectivity index (χ1n) is 7.68. The Morgan fingerprint density at radius 1 is 1.43 bits per heavy atom. The molecular formula is C16H24N2O4S. The van der Waals surface area contributed by atoms with Crippen molar-refractivity contribution in [1.29, 1.82) is 0 Å². The summed E-state index contributed by atoms with van der Waals surface area (Å²) in [5.41, 5.74) is 0.927. The van der Waals surface area contributed by atoms with Crippen LogP contribution in [0.1, 0.15) is 24.9 Å². The van der Waals surface area contributed by atoms with Gasteiger partial charge < -0.3 is 15.0 Å². The molecule has 2 atom stereocenters. The molecule has 1 saturated heterocycles. The van der Waals surface area contributed by atoms with Gasteiger partial charge in [0.2, 0.25) is 0 Å². The van der Waals surface area contributed by atoms with Crippen LogP contribution in [-0.4, -0.2) is 51.6 Å². The van der Waals surface area contributed by atoms with Crippen molar-refractivity contribution in [1.82, 2.24) is 10.2 Å². The van der Waals surface area contributed by atoms with Gasteiger partial charge in [-0.2, -0.15) is 0 Å². The molecule has 0 saturated carbocycles. The summed E-state index contributed by atoms with van der Waals surface area (Å²) in [6, 6.07) is 7.21.